The number of unbranched alkanes of at least 4 members (excludes halogenated alkanes) is 22. The Labute approximate surface area is 468 Å². The third-order valence-corrected chi connectivity index (χ3v) is 12.9. The van der Waals surface area contributed by atoms with Gasteiger partial charge in [0, 0.05) is 19.3 Å². The summed E-state index contributed by atoms with van der Waals surface area (Å²) in [6, 6.07) is 0. The molecule has 0 aliphatic rings. The Morgan fingerprint density at radius 2 is 0.526 bits per heavy atom. The zero-order valence-electron chi connectivity index (χ0n) is 49.2. The molecule has 0 fully saturated rings. The first kappa shape index (κ1) is 71.5. The average Bonchev–Trinajstić information content (AvgIpc) is 3.42. The normalized spacial score (nSPS) is 13.0. The van der Waals surface area contributed by atoms with E-state index in [-0.39, 0.29) is 31.1 Å². The molecule has 1 atom stereocenters. The predicted octanol–water partition coefficient (Wildman–Crippen LogP) is 21.4. The van der Waals surface area contributed by atoms with Gasteiger partial charge in [0.1, 0.15) is 13.2 Å². The quantitative estimate of drug-likeness (QED) is 0.0261. The van der Waals surface area contributed by atoms with Crippen molar-refractivity contribution in [3.63, 3.8) is 0 Å². The van der Waals surface area contributed by atoms with Crippen LogP contribution in [0.2, 0.25) is 0 Å². The van der Waals surface area contributed by atoms with Crippen molar-refractivity contribution in [2.45, 2.75) is 277 Å². The summed E-state index contributed by atoms with van der Waals surface area (Å²) in [6.07, 6.45) is 88.7. The molecule has 0 heterocycles. The fraction of sp³-hybridized carbons (Fsp3) is 0.643. The zero-order chi connectivity index (χ0) is 55.0. The first-order chi connectivity index (χ1) is 37.5. The third kappa shape index (κ3) is 60.4. The van der Waals surface area contributed by atoms with Gasteiger partial charge in [-0.05, 0) is 135 Å². The fourth-order valence-corrected chi connectivity index (χ4v) is 8.17. The standard InChI is InChI=1S/C70H114O6/c1-4-7-10-13-16-19-22-25-28-29-30-31-32-33-34-35-36-37-38-39-40-41-43-45-48-51-54-57-60-63-69(72)75-66-67(65-74-68(71)62-59-56-53-50-47-44-27-24-21-18-15-12-9-6-3)76-70(73)64-61-58-55-52-49-46-42-26-23-20-17-14-11-8-5-2/h7,10,15-20,24-28,30-31,33-34,36-37,39-40,42,67H,4-6,8-9,11-14,21-23,29,32,35,38,41,43-66H2,1-3H3/b10-7-,18-15-,19-16-,20-17-,27-24-,28-25-,31-30-,34-33-,37-36-,40-39-,42-26-. The van der Waals surface area contributed by atoms with Gasteiger partial charge in [0.25, 0.3) is 0 Å². The maximum atomic E-state index is 12.9. The topological polar surface area (TPSA) is 78.9 Å². The highest BCUT2D eigenvalue weighted by Crippen LogP contribution is 2.14. The number of carbonyl (C=O) groups is 3. The van der Waals surface area contributed by atoms with Gasteiger partial charge in [-0.2, -0.15) is 0 Å². The number of rotatable bonds is 55. The number of allylic oxidation sites excluding steroid dienone is 22. The third-order valence-electron chi connectivity index (χ3n) is 12.9. The summed E-state index contributed by atoms with van der Waals surface area (Å²) in [6.45, 7) is 6.43. The number of ether oxygens (including phenoxy) is 3. The second kappa shape index (κ2) is 63.1. The van der Waals surface area contributed by atoms with Gasteiger partial charge in [-0.25, -0.2) is 0 Å². The Bertz CT molecular complexity index is 1630. The second-order valence-corrected chi connectivity index (χ2v) is 20.2. The van der Waals surface area contributed by atoms with Crippen LogP contribution in [0.4, 0.5) is 0 Å². The predicted molar refractivity (Wildman–Crippen MR) is 329 cm³/mol. The van der Waals surface area contributed by atoms with Crippen LogP contribution in [0.5, 0.6) is 0 Å². The summed E-state index contributed by atoms with van der Waals surface area (Å²) < 4.78 is 16.9. The Balaban J connectivity index is 4.36. The van der Waals surface area contributed by atoms with Crippen molar-refractivity contribution in [1.82, 2.24) is 0 Å². The fourth-order valence-electron chi connectivity index (χ4n) is 8.17. The van der Waals surface area contributed by atoms with E-state index in [2.05, 4.69) is 154 Å². The lowest BCUT2D eigenvalue weighted by Crippen LogP contribution is -2.30. The first-order valence-corrected chi connectivity index (χ1v) is 31.2. The van der Waals surface area contributed by atoms with Gasteiger partial charge in [-0.1, -0.05) is 251 Å². The monoisotopic (exact) mass is 1050 g/mol. The van der Waals surface area contributed by atoms with Crippen molar-refractivity contribution in [2.24, 2.45) is 0 Å². The molecule has 0 aromatic rings. The SMILES string of the molecule is CC/C=C\C/C=C\C/C=C\C/C=C\C/C=C\C/C=C\C/C=C\CCCCCCCCCC(=O)OCC(COC(=O)CCCCCCC/C=C\C/C=C\CCCC)OC(=O)CCCCCCC/C=C\C/C=C\CCCCC. The van der Waals surface area contributed by atoms with Crippen LogP contribution in [-0.2, 0) is 28.6 Å². The molecule has 0 amide bonds. The Morgan fingerprint density at radius 3 is 0.842 bits per heavy atom. The summed E-state index contributed by atoms with van der Waals surface area (Å²) in [5.41, 5.74) is 0. The van der Waals surface area contributed by atoms with Crippen molar-refractivity contribution in [1.29, 1.82) is 0 Å². The van der Waals surface area contributed by atoms with E-state index in [1.165, 1.54) is 70.6 Å². The number of hydrogen-bond acceptors (Lipinski definition) is 6. The van der Waals surface area contributed by atoms with E-state index >= 15 is 0 Å². The molecule has 0 saturated carbocycles. The van der Waals surface area contributed by atoms with Crippen LogP contribution >= 0.6 is 0 Å². The van der Waals surface area contributed by atoms with E-state index in [9.17, 15) is 14.4 Å². The molecule has 0 aliphatic carbocycles. The van der Waals surface area contributed by atoms with E-state index in [0.29, 0.717) is 19.3 Å². The lowest BCUT2D eigenvalue weighted by atomic mass is 10.1. The zero-order valence-corrected chi connectivity index (χ0v) is 49.2. The van der Waals surface area contributed by atoms with Gasteiger partial charge in [0.15, 0.2) is 6.10 Å². The van der Waals surface area contributed by atoms with E-state index in [4.69, 9.17) is 14.2 Å². The van der Waals surface area contributed by atoms with Gasteiger partial charge in [-0.3, -0.25) is 14.4 Å². The molecule has 0 saturated heterocycles. The van der Waals surface area contributed by atoms with Crippen LogP contribution in [0.15, 0.2) is 134 Å². The lowest BCUT2D eigenvalue weighted by molar-refractivity contribution is -0.167. The van der Waals surface area contributed by atoms with Crippen molar-refractivity contribution in [3.8, 4) is 0 Å². The molecule has 0 aromatic heterocycles. The van der Waals surface area contributed by atoms with Gasteiger partial charge in [-0.15, -0.1) is 0 Å². The van der Waals surface area contributed by atoms with Crippen molar-refractivity contribution < 1.29 is 28.6 Å². The van der Waals surface area contributed by atoms with Gasteiger partial charge < -0.3 is 14.2 Å². The molecule has 0 N–H and O–H groups in total. The first-order valence-electron chi connectivity index (χ1n) is 31.2. The van der Waals surface area contributed by atoms with Crippen LogP contribution in [0.1, 0.15) is 271 Å². The molecule has 0 bridgehead atoms. The number of hydrogen-bond donors (Lipinski definition) is 0. The van der Waals surface area contributed by atoms with Crippen LogP contribution in [-0.4, -0.2) is 37.2 Å². The van der Waals surface area contributed by atoms with Crippen molar-refractivity contribution >= 4 is 17.9 Å². The Kier molecular flexibility index (Phi) is 59.4. The van der Waals surface area contributed by atoms with Crippen molar-refractivity contribution in [2.75, 3.05) is 13.2 Å². The minimum Gasteiger partial charge on any atom is -0.462 e. The van der Waals surface area contributed by atoms with Crippen molar-refractivity contribution in [3.05, 3.63) is 134 Å². The highest BCUT2D eigenvalue weighted by atomic mass is 16.6. The van der Waals surface area contributed by atoms with Gasteiger partial charge in [0.05, 0.1) is 0 Å². The molecule has 1 unspecified atom stereocenters. The van der Waals surface area contributed by atoms with E-state index < -0.39 is 6.10 Å². The summed E-state index contributed by atoms with van der Waals surface area (Å²) >= 11 is 0. The van der Waals surface area contributed by atoms with Crippen LogP contribution < -0.4 is 0 Å². The summed E-state index contributed by atoms with van der Waals surface area (Å²) in [5, 5.41) is 0. The summed E-state index contributed by atoms with van der Waals surface area (Å²) in [7, 11) is 0. The van der Waals surface area contributed by atoms with Crippen LogP contribution in [0.3, 0.4) is 0 Å². The largest absolute Gasteiger partial charge is 0.462 e. The molecule has 0 rings (SSSR count). The average molecular weight is 1050 g/mol. The van der Waals surface area contributed by atoms with Crippen LogP contribution in [0, 0.1) is 0 Å². The molecule has 0 aliphatic heterocycles. The maximum Gasteiger partial charge on any atom is 0.306 e. The molecule has 0 spiro atoms. The lowest BCUT2D eigenvalue weighted by Gasteiger charge is -2.18. The molecular weight excluding hydrogens is 937 g/mol. The minimum absolute atomic E-state index is 0.0978. The molecular formula is C70H114O6. The molecule has 0 radical (unpaired) electrons. The molecule has 6 heteroatoms. The number of carbonyl (C=O) groups excluding carboxylic acids is 3. The molecule has 430 valence electrons. The Hall–Kier alpha value is -4.45. The maximum absolute atomic E-state index is 12.9. The highest BCUT2D eigenvalue weighted by molar-refractivity contribution is 5.71. The molecule has 76 heavy (non-hydrogen) atoms. The highest BCUT2D eigenvalue weighted by Gasteiger charge is 2.19. The van der Waals surface area contributed by atoms with E-state index in [0.717, 1.165) is 161 Å². The molecule has 0 aromatic carbocycles. The second-order valence-electron chi connectivity index (χ2n) is 20.2. The van der Waals surface area contributed by atoms with Crippen LogP contribution in [0.25, 0.3) is 0 Å². The molecule has 6 nitrogen and oxygen atoms in total. The summed E-state index contributed by atoms with van der Waals surface area (Å²) in [5.74, 6) is -0.936. The van der Waals surface area contributed by atoms with E-state index in [1.54, 1.807) is 0 Å². The van der Waals surface area contributed by atoms with Gasteiger partial charge >= 0.3 is 17.9 Å². The number of esters is 3. The Morgan fingerprint density at radius 1 is 0.276 bits per heavy atom. The van der Waals surface area contributed by atoms with Gasteiger partial charge in [0.2, 0.25) is 0 Å². The smallest absolute Gasteiger partial charge is 0.306 e. The van der Waals surface area contributed by atoms with E-state index in [1.807, 2.05) is 0 Å². The minimum atomic E-state index is -0.801. The summed E-state index contributed by atoms with van der Waals surface area (Å²) in [4.78, 5) is 38.2.